The quantitative estimate of drug-likeness (QED) is 0.853. The lowest BCUT2D eigenvalue weighted by Crippen LogP contribution is -2.47. The van der Waals surface area contributed by atoms with Crippen LogP contribution >= 0.6 is 0 Å². The fourth-order valence-corrected chi connectivity index (χ4v) is 2.99. The molecule has 2 aliphatic carbocycles. The smallest absolute Gasteiger partial charge is 0.147 e. The minimum absolute atomic E-state index is 0.724. The van der Waals surface area contributed by atoms with Gasteiger partial charge in [0.1, 0.15) is 5.82 Å². The lowest BCUT2D eigenvalue weighted by Gasteiger charge is -2.35. The molecule has 0 aromatic carbocycles. The zero-order valence-corrected chi connectivity index (χ0v) is 12.7. The van der Waals surface area contributed by atoms with Crippen molar-refractivity contribution < 1.29 is 0 Å². The molecule has 0 unspecified atom stereocenters. The fraction of sp³-hybridized carbons (Fsp3) is 0.750. The average molecular weight is 287 g/mol. The number of hydrogen-bond donors (Lipinski definition) is 1. The molecular formula is C16H25N5. The van der Waals surface area contributed by atoms with E-state index in [0.717, 1.165) is 43.1 Å². The lowest BCUT2D eigenvalue weighted by molar-refractivity contribution is 0.247. The topological polar surface area (TPSA) is 44.3 Å². The van der Waals surface area contributed by atoms with Gasteiger partial charge in [-0.15, -0.1) is 0 Å². The van der Waals surface area contributed by atoms with Crippen molar-refractivity contribution in [2.75, 3.05) is 37.6 Å². The maximum atomic E-state index is 4.78. The first-order valence-corrected chi connectivity index (χ1v) is 8.38. The van der Waals surface area contributed by atoms with Crippen molar-refractivity contribution in [3.8, 4) is 0 Å². The third-order valence-corrected chi connectivity index (χ3v) is 4.73. The lowest BCUT2D eigenvalue weighted by atomic mass is 10.3. The SMILES string of the molecule is c1ncc(N2CCN(CC3CC3)CC2)nc1CNC1CC1. The van der Waals surface area contributed by atoms with Crippen molar-refractivity contribution in [1.29, 1.82) is 0 Å². The summed E-state index contributed by atoms with van der Waals surface area (Å²) in [7, 11) is 0. The van der Waals surface area contributed by atoms with Gasteiger partial charge in [-0.3, -0.25) is 9.88 Å². The summed E-state index contributed by atoms with van der Waals surface area (Å²) >= 11 is 0. The number of nitrogens with one attached hydrogen (secondary N) is 1. The van der Waals surface area contributed by atoms with E-state index in [9.17, 15) is 0 Å². The number of anilines is 1. The Morgan fingerprint density at radius 2 is 1.86 bits per heavy atom. The molecule has 0 atom stereocenters. The standard InChI is InChI=1S/C16H25N5/c1-2-13(1)12-20-5-7-21(8-6-20)16-11-17-9-15(19-16)10-18-14-3-4-14/h9,11,13-14,18H,1-8,10,12H2. The van der Waals surface area contributed by atoms with Crippen LogP contribution in [0.5, 0.6) is 0 Å². The average Bonchev–Trinajstić information content (AvgIpc) is 3.41. The minimum Gasteiger partial charge on any atom is -0.353 e. The zero-order chi connectivity index (χ0) is 14.1. The fourth-order valence-electron chi connectivity index (χ4n) is 2.99. The molecule has 5 nitrogen and oxygen atoms in total. The van der Waals surface area contributed by atoms with Crippen LogP contribution in [-0.4, -0.2) is 53.6 Å². The number of hydrogen-bond acceptors (Lipinski definition) is 5. The summed E-state index contributed by atoms with van der Waals surface area (Å²) in [5.41, 5.74) is 1.07. The van der Waals surface area contributed by atoms with Gasteiger partial charge in [-0.2, -0.15) is 0 Å². The predicted molar refractivity (Wildman–Crippen MR) is 83.3 cm³/mol. The van der Waals surface area contributed by atoms with Gasteiger partial charge in [-0.25, -0.2) is 4.98 Å². The molecule has 0 radical (unpaired) electrons. The van der Waals surface area contributed by atoms with E-state index in [0.29, 0.717) is 0 Å². The van der Waals surface area contributed by atoms with Crippen LogP contribution in [0.4, 0.5) is 5.82 Å². The second kappa shape index (κ2) is 5.89. The normalized spacial score (nSPS) is 23.5. The molecule has 21 heavy (non-hydrogen) atoms. The van der Waals surface area contributed by atoms with Gasteiger partial charge in [-0.05, 0) is 31.6 Å². The number of piperazine rings is 1. The third kappa shape index (κ3) is 3.71. The molecule has 2 saturated carbocycles. The molecule has 3 fully saturated rings. The minimum atomic E-state index is 0.724. The summed E-state index contributed by atoms with van der Waals surface area (Å²) in [6.45, 7) is 6.67. The van der Waals surface area contributed by atoms with Crippen molar-refractivity contribution in [1.82, 2.24) is 20.2 Å². The van der Waals surface area contributed by atoms with Crippen LogP contribution in [0.2, 0.25) is 0 Å². The van der Waals surface area contributed by atoms with Crippen molar-refractivity contribution in [2.24, 2.45) is 5.92 Å². The van der Waals surface area contributed by atoms with Gasteiger partial charge in [0.15, 0.2) is 0 Å². The van der Waals surface area contributed by atoms with E-state index in [4.69, 9.17) is 4.98 Å². The Morgan fingerprint density at radius 1 is 1.05 bits per heavy atom. The molecule has 114 valence electrons. The van der Waals surface area contributed by atoms with Gasteiger partial charge < -0.3 is 10.2 Å². The van der Waals surface area contributed by atoms with Gasteiger partial charge in [-0.1, -0.05) is 0 Å². The maximum Gasteiger partial charge on any atom is 0.147 e. The molecule has 1 saturated heterocycles. The molecule has 1 aromatic heterocycles. The molecule has 3 aliphatic rings. The first kappa shape index (κ1) is 13.5. The Labute approximate surface area is 126 Å². The molecule has 0 spiro atoms. The summed E-state index contributed by atoms with van der Waals surface area (Å²) in [6, 6.07) is 0.724. The van der Waals surface area contributed by atoms with Crippen molar-refractivity contribution in [3.05, 3.63) is 18.1 Å². The molecule has 0 amide bonds. The summed E-state index contributed by atoms with van der Waals surface area (Å²) < 4.78 is 0. The van der Waals surface area contributed by atoms with Crippen molar-refractivity contribution >= 4 is 5.82 Å². The highest BCUT2D eigenvalue weighted by Gasteiger charge is 2.26. The van der Waals surface area contributed by atoms with Crippen LogP contribution in [0.15, 0.2) is 12.4 Å². The monoisotopic (exact) mass is 287 g/mol. The van der Waals surface area contributed by atoms with Crippen LogP contribution < -0.4 is 10.2 Å². The summed E-state index contributed by atoms with van der Waals surface area (Å²) in [4.78, 5) is 14.2. The largest absolute Gasteiger partial charge is 0.353 e. The van der Waals surface area contributed by atoms with Gasteiger partial charge in [0.05, 0.1) is 11.9 Å². The Hall–Kier alpha value is -1.20. The Kier molecular flexibility index (Phi) is 3.78. The van der Waals surface area contributed by atoms with E-state index >= 15 is 0 Å². The maximum absolute atomic E-state index is 4.78. The summed E-state index contributed by atoms with van der Waals surface area (Å²) in [5.74, 6) is 2.05. The molecule has 1 aromatic rings. The Morgan fingerprint density at radius 3 is 2.57 bits per heavy atom. The van der Waals surface area contributed by atoms with Crippen LogP contribution in [0.3, 0.4) is 0 Å². The summed E-state index contributed by atoms with van der Waals surface area (Å²) in [5, 5.41) is 3.51. The highest BCUT2D eigenvalue weighted by Crippen LogP contribution is 2.30. The Balaban J connectivity index is 1.31. The van der Waals surface area contributed by atoms with E-state index in [1.165, 1.54) is 45.3 Å². The van der Waals surface area contributed by atoms with E-state index in [1.807, 2.05) is 12.4 Å². The third-order valence-electron chi connectivity index (χ3n) is 4.73. The first-order valence-electron chi connectivity index (χ1n) is 8.38. The van der Waals surface area contributed by atoms with E-state index in [1.54, 1.807) is 0 Å². The van der Waals surface area contributed by atoms with Crippen molar-refractivity contribution in [2.45, 2.75) is 38.3 Å². The highest BCUT2D eigenvalue weighted by atomic mass is 15.3. The van der Waals surface area contributed by atoms with Crippen LogP contribution in [0.25, 0.3) is 0 Å². The van der Waals surface area contributed by atoms with E-state index < -0.39 is 0 Å². The van der Waals surface area contributed by atoms with Crippen LogP contribution in [-0.2, 0) is 6.54 Å². The Bertz CT molecular complexity index is 475. The second-order valence-electron chi connectivity index (χ2n) is 6.75. The predicted octanol–water partition coefficient (Wildman–Crippen LogP) is 1.26. The van der Waals surface area contributed by atoms with Crippen LogP contribution in [0, 0.1) is 5.92 Å². The number of rotatable bonds is 6. The van der Waals surface area contributed by atoms with Crippen molar-refractivity contribution in [3.63, 3.8) is 0 Å². The molecule has 5 heteroatoms. The van der Waals surface area contributed by atoms with Gasteiger partial charge >= 0.3 is 0 Å². The molecular weight excluding hydrogens is 262 g/mol. The highest BCUT2D eigenvalue weighted by molar-refractivity contribution is 5.37. The van der Waals surface area contributed by atoms with E-state index in [2.05, 4.69) is 20.1 Å². The van der Waals surface area contributed by atoms with Crippen LogP contribution in [0.1, 0.15) is 31.4 Å². The zero-order valence-electron chi connectivity index (χ0n) is 12.7. The number of nitrogens with zero attached hydrogens (tertiary/aromatic N) is 4. The number of aromatic nitrogens is 2. The van der Waals surface area contributed by atoms with Gasteiger partial charge in [0, 0.05) is 51.5 Å². The molecule has 1 aliphatic heterocycles. The molecule has 2 heterocycles. The van der Waals surface area contributed by atoms with Gasteiger partial charge in [0.25, 0.3) is 0 Å². The molecule has 4 rings (SSSR count). The molecule has 0 bridgehead atoms. The first-order chi connectivity index (χ1) is 10.4. The van der Waals surface area contributed by atoms with Gasteiger partial charge in [0.2, 0.25) is 0 Å². The molecule has 1 N–H and O–H groups in total. The summed E-state index contributed by atoms with van der Waals surface area (Å²) in [6.07, 6.45) is 9.33. The van der Waals surface area contributed by atoms with E-state index in [-0.39, 0.29) is 0 Å². The second-order valence-corrected chi connectivity index (χ2v) is 6.75.